The van der Waals surface area contributed by atoms with Gasteiger partial charge in [-0.05, 0) is 43.9 Å². The summed E-state index contributed by atoms with van der Waals surface area (Å²) in [6.45, 7) is 2.07. The molecule has 1 heterocycles. The normalized spacial score (nSPS) is 23.4. The maximum atomic E-state index is 13.1. The number of hydrogen-bond donors (Lipinski definition) is 1. The molecule has 1 aromatic carbocycles. The SMILES string of the molecule is CC(NC1CCCC1n1ccnc1)c1ccc(F)cc1Cl. The van der Waals surface area contributed by atoms with Crippen LogP contribution in [0, 0.1) is 5.82 Å². The third-order valence-corrected chi connectivity index (χ3v) is 4.61. The van der Waals surface area contributed by atoms with Gasteiger partial charge in [0.2, 0.25) is 0 Å². The lowest BCUT2D eigenvalue weighted by Gasteiger charge is -2.26. The lowest BCUT2D eigenvalue weighted by atomic mass is 10.1. The van der Waals surface area contributed by atoms with Crippen LogP contribution in [0.3, 0.4) is 0 Å². The van der Waals surface area contributed by atoms with Crippen LogP contribution >= 0.6 is 11.6 Å². The maximum absolute atomic E-state index is 13.1. The van der Waals surface area contributed by atoms with Gasteiger partial charge in [0.15, 0.2) is 0 Å². The fourth-order valence-electron chi connectivity index (χ4n) is 3.22. The van der Waals surface area contributed by atoms with Crippen LogP contribution in [0.15, 0.2) is 36.9 Å². The van der Waals surface area contributed by atoms with Crippen molar-refractivity contribution >= 4 is 11.6 Å². The average Bonchev–Trinajstić information content (AvgIpc) is 3.08. The highest BCUT2D eigenvalue weighted by molar-refractivity contribution is 6.31. The first-order valence-electron chi connectivity index (χ1n) is 7.33. The molecule has 0 bridgehead atoms. The van der Waals surface area contributed by atoms with Crippen LogP contribution in [0.5, 0.6) is 0 Å². The molecule has 112 valence electrons. The van der Waals surface area contributed by atoms with E-state index in [4.69, 9.17) is 11.6 Å². The monoisotopic (exact) mass is 307 g/mol. The van der Waals surface area contributed by atoms with E-state index in [0.29, 0.717) is 17.1 Å². The fraction of sp³-hybridized carbons (Fsp3) is 0.438. The first kappa shape index (κ1) is 14.5. The molecule has 3 unspecified atom stereocenters. The van der Waals surface area contributed by atoms with Gasteiger partial charge < -0.3 is 9.88 Å². The van der Waals surface area contributed by atoms with E-state index in [1.165, 1.54) is 18.6 Å². The van der Waals surface area contributed by atoms with Crippen molar-refractivity contribution in [2.24, 2.45) is 0 Å². The molecule has 0 amide bonds. The minimum atomic E-state index is -0.298. The van der Waals surface area contributed by atoms with Crippen molar-refractivity contribution in [3.63, 3.8) is 0 Å². The van der Waals surface area contributed by atoms with Crippen LogP contribution in [0.25, 0.3) is 0 Å². The Hall–Kier alpha value is -1.39. The second-order valence-electron chi connectivity index (χ2n) is 5.67. The topological polar surface area (TPSA) is 29.9 Å². The zero-order valence-corrected chi connectivity index (χ0v) is 12.7. The van der Waals surface area contributed by atoms with Gasteiger partial charge in [0.1, 0.15) is 5.82 Å². The van der Waals surface area contributed by atoms with Crippen LogP contribution in [-0.4, -0.2) is 15.6 Å². The van der Waals surface area contributed by atoms with Gasteiger partial charge in [-0.3, -0.25) is 0 Å². The minimum absolute atomic E-state index is 0.0900. The molecule has 1 saturated carbocycles. The zero-order valence-electron chi connectivity index (χ0n) is 12.0. The molecule has 0 spiro atoms. The molecule has 3 nitrogen and oxygen atoms in total. The predicted molar refractivity (Wildman–Crippen MR) is 81.9 cm³/mol. The van der Waals surface area contributed by atoms with Crippen molar-refractivity contribution in [3.8, 4) is 0 Å². The Morgan fingerprint density at radius 3 is 3.00 bits per heavy atom. The summed E-state index contributed by atoms with van der Waals surface area (Å²) in [7, 11) is 0. The summed E-state index contributed by atoms with van der Waals surface area (Å²) in [6.07, 6.45) is 9.18. The van der Waals surface area contributed by atoms with Crippen molar-refractivity contribution in [3.05, 3.63) is 53.3 Å². The van der Waals surface area contributed by atoms with Crippen LogP contribution in [0.2, 0.25) is 5.02 Å². The van der Waals surface area contributed by atoms with Gasteiger partial charge in [0.25, 0.3) is 0 Å². The molecule has 1 fully saturated rings. The molecule has 0 saturated heterocycles. The average molecular weight is 308 g/mol. The quantitative estimate of drug-likeness (QED) is 0.921. The number of benzene rings is 1. The van der Waals surface area contributed by atoms with Crippen molar-refractivity contribution in [1.29, 1.82) is 0 Å². The van der Waals surface area contributed by atoms with Crippen molar-refractivity contribution in [2.45, 2.75) is 44.3 Å². The number of halogens is 2. The Morgan fingerprint density at radius 1 is 1.43 bits per heavy atom. The molecule has 3 rings (SSSR count). The van der Waals surface area contributed by atoms with Gasteiger partial charge in [-0.25, -0.2) is 9.37 Å². The summed E-state index contributed by atoms with van der Waals surface area (Å²) in [4.78, 5) is 4.13. The van der Waals surface area contributed by atoms with Gasteiger partial charge in [-0.2, -0.15) is 0 Å². The molecule has 1 aliphatic carbocycles. The largest absolute Gasteiger partial charge is 0.333 e. The molecule has 1 aliphatic rings. The first-order valence-corrected chi connectivity index (χ1v) is 7.71. The Bertz CT molecular complexity index is 600. The van der Waals surface area contributed by atoms with Gasteiger partial charge in [0.05, 0.1) is 6.33 Å². The third kappa shape index (κ3) is 3.11. The van der Waals surface area contributed by atoms with Gasteiger partial charge >= 0.3 is 0 Å². The van der Waals surface area contributed by atoms with Gasteiger partial charge in [-0.15, -0.1) is 0 Å². The molecule has 21 heavy (non-hydrogen) atoms. The highest BCUT2D eigenvalue weighted by atomic mass is 35.5. The molecule has 2 aromatic rings. The van der Waals surface area contributed by atoms with Crippen molar-refractivity contribution in [1.82, 2.24) is 14.9 Å². The van der Waals surface area contributed by atoms with E-state index in [9.17, 15) is 4.39 Å². The number of hydrogen-bond acceptors (Lipinski definition) is 2. The number of aromatic nitrogens is 2. The summed E-state index contributed by atoms with van der Waals surface area (Å²) in [5, 5.41) is 4.12. The molecular weight excluding hydrogens is 289 g/mol. The molecule has 1 N–H and O–H groups in total. The zero-order chi connectivity index (χ0) is 14.8. The minimum Gasteiger partial charge on any atom is -0.333 e. The van der Waals surface area contributed by atoms with E-state index in [1.54, 1.807) is 6.07 Å². The lowest BCUT2D eigenvalue weighted by Crippen LogP contribution is -2.35. The highest BCUT2D eigenvalue weighted by Crippen LogP contribution is 2.32. The predicted octanol–water partition coefficient (Wildman–Crippen LogP) is 4.12. The summed E-state index contributed by atoms with van der Waals surface area (Å²) < 4.78 is 15.3. The van der Waals surface area contributed by atoms with Gasteiger partial charge in [0, 0.05) is 35.5 Å². The first-order chi connectivity index (χ1) is 10.1. The Morgan fingerprint density at radius 2 is 2.29 bits per heavy atom. The Kier molecular flexibility index (Phi) is 4.27. The van der Waals surface area contributed by atoms with Crippen molar-refractivity contribution < 1.29 is 4.39 Å². The standard InChI is InChI=1S/C16H19ClFN3/c1-11(13-6-5-12(18)9-14(13)17)20-15-3-2-4-16(15)21-8-7-19-10-21/h5-11,15-16,20H,2-4H2,1H3. The number of imidazole rings is 1. The third-order valence-electron chi connectivity index (χ3n) is 4.28. The fourth-order valence-corrected chi connectivity index (χ4v) is 3.55. The molecule has 0 radical (unpaired) electrons. The second-order valence-corrected chi connectivity index (χ2v) is 6.08. The maximum Gasteiger partial charge on any atom is 0.124 e. The van der Waals surface area contributed by atoms with E-state index in [2.05, 4.69) is 21.8 Å². The van der Waals surface area contributed by atoms with Crippen LogP contribution in [0.1, 0.15) is 43.8 Å². The number of rotatable bonds is 4. The smallest absolute Gasteiger partial charge is 0.124 e. The molecule has 0 aliphatic heterocycles. The molecule has 1 aromatic heterocycles. The van der Waals surface area contributed by atoms with E-state index >= 15 is 0 Å². The van der Waals surface area contributed by atoms with Crippen molar-refractivity contribution in [2.75, 3.05) is 0 Å². The van der Waals surface area contributed by atoms with E-state index in [0.717, 1.165) is 18.4 Å². The number of nitrogens with zero attached hydrogens (tertiary/aromatic N) is 2. The van der Waals surface area contributed by atoms with Crippen LogP contribution in [-0.2, 0) is 0 Å². The molecule has 3 atom stereocenters. The summed E-state index contributed by atoms with van der Waals surface area (Å²) >= 11 is 6.15. The van der Waals surface area contributed by atoms with Gasteiger partial charge in [-0.1, -0.05) is 17.7 Å². The van der Waals surface area contributed by atoms with Crippen LogP contribution < -0.4 is 5.32 Å². The molecule has 5 heteroatoms. The summed E-state index contributed by atoms with van der Waals surface area (Å²) in [6, 6.07) is 5.49. The summed E-state index contributed by atoms with van der Waals surface area (Å²) in [5.74, 6) is -0.298. The summed E-state index contributed by atoms with van der Waals surface area (Å²) in [5.41, 5.74) is 0.939. The lowest BCUT2D eigenvalue weighted by molar-refractivity contribution is 0.362. The number of nitrogens with one attached hydrogen (secondary N) is 1. The van der Waals surface area contributed by atoms with E-state index < -0.39 is 0 Å². The van der Waals surface area contributed by atoms with E-state index in [-0.39, 0.29) is 11.9 Å². The van der Waals surface area contributed by atoms with Crippen LogP contribution in [0.4, 0.5) is 4.39 Å². The van der Waals surface area contributed by atoms with E-state index in [1.807, 2.05) is 18.7 Å². The second kappa shape index (κ2) is 6.16. The molecular formula is C16H19ClFN3. The Labute approximate surface area is 129 Å². The highest BCUT2D eigenvalue weighted by Gasteiger charge is 2.29. The Balaban J connectivity index is 1.73.